The molecule has 0 bridgehead atoms. The summed E-state index contributed by atoms with van der Waals surface area (Å²) in [5.74, 6) is 0.559. The van der Waals surface area contributed by atoms with Crippen LogP contribution in [0.25, 0.3) is 0 Å². The summed E-state index contributed by atoms with van der Waals surface area (Å²) in [5, 5.41) is 7.57. The molecule has 7 heteroatoms. The number of aryl methyl sites for hydroxylation is 1. The highest BCUT2D eigenvalue weighted by Gasteiger charge is 2.40. The standard InChI is InChI=1S/C18H22N4O3/c1-18(2)12-4-7-19-16(14(12)17(23)25-18)20-10-11-6-9-24-15(11)13-5-8-21-22(13)3/h4-5,7-8,11,15H,6,9-10H2,1-3H3,(H,19,20)/t11-,15+/m0/s1. The van der Waals surface area contributed by atoms with E-state index in [-0.39, 0.29) is 12.1 Å². The number of hydrogen-bond acceptors (Lipinski definition) is 6. The van der Waals surface area contributed by atoms with Gasteiger partial charge in [-0.3, -0.25) is 4.68 Å². The second kappa shape index (κ2) is 5.84. The van der Waals surface area contributed by atoms with Crippen LogP contribution in [-0.2, 0) is 22.1 Å². The summed E-state index contributed by atoms with van der Waals surface area (Å²) in [6.07, 6.45) is 4.45. The number of aromatic nitrogens is 3. The van der Waals surface area contributed by atoms with Gasteiger partial charge in [-0.15, -0.1) is 0 Å². The Bertz CT molecular complexity index is 814. The molecule has 2 aromatic heterocycles. The lowest BCUT2D eigenvalue weighted by Crippen LogP contribution is -2.21. The maximum absolute atomic E-state index is 12.3. The zero-order valence-electron chi connectivity index (χ0n) is 14.7. The van der Waals surface area contributed by atoms with Crippen LogP contribution in [0, 0.1) is 5.92 Å². The van der Waals surface area contributed by atoms with Crippen molar-refractivity contribution in [3.63, 3.8) is 0 Å². The van der Waals surface area contributed by atoms with Crippen LogP contribution in [0.4, 0.5) is 5.82 Å². The van der Waals surface area contributed by atoms with Gasteiger partial charge in [0.25, 0.3) is 0 Å². The highest BCUT2D eigenvalue weighted by Crippen LogP contribution is 2.39. The molecule has 2 aliphatic heterocycles. The first kappa shape index (κ1) is 16.1. The van der Waals surface area contributed by atoms with E-state index in [0.29, 0.717) is 23.8 Å². The molecule has 4 heterocycles. The fourth-order valence-corrected chi connectivity index (χ4v) is 3.70. The Hall–Kier alpha value is -2.41. The molecule has 0 amide bonds. The van der Waals surface area contributed by atoms with Crippen molar-refractivity contribution in [2.45, 2.75) is 32.0 Å². The quantitative estimate of drug-likeness (QED) is 0.860. The van der Waals surface area contributed by atoms with Crippen molar-refractivity contribution in [2.24, 2.45) is 13.0 Å². The molecule has 1 saturated heterocycles. The normalized spacial score (nSPS) is 24.2. The van der Waals surface area contributed by atoms with Gasteiger partial charge in [0.15, 0.2) is 0 Å². The first-order valence-corrected chi connectivity index (χ1v) is 8.53. The lowest BCUT2D eigenvalue weighted by molar-refractivity contribution is 0.00958. The maximum atomic E-state index is 12.3. The van der Waals surface area contributed by atoms with Gasteiger partial charge in [-0.05, 0) is 32.4 Å². The third-order valence-corrected chi connectivity index (χ3v) is 5.05. The SMILES string of the molecule is Cn1nccc1[C@@H]1OCC[C@H]1CNc1nccc2c1C(=O)OC2(C)C. The van der Waals surface area contributed by atoms with Crippen LogP contribution in [0.5, 0.6) is 0 Å². The van der Waals surface area contributed by atoms with Gasteiger partial charge < -0.3 is 14.8 Å². The first-order valence-electron chi connectivity index (χ1n) is 8.53. The largest absolute Gasteiger partial charge is 0.451 e. The summed E-state index contributed by atoms with van der Waals surface area (Å²) in [6.45, 7) is 5.18. The molecule has 0 saturated carbocycles. The van der Waals surface area contributed by atoms with Gasteiger partial charge in [-0.25, -0.2) is 9.78 Å². The molecule has 0 aromatic carbocycles. The maximum Gasteiger partial charge on any atom is 0.343 e. The lowest BCUT2D eigenvalue weighted by Gasteiger charge is -2.20. The molecule has 2 aromatic rings. The highest BCUT2D eigenvalue weighted by molar-refractivity contribution is 5.99. The van der Waals surface area contributed by atoms with Gasteiger partial charge in [0.05, 0.1) is 5.69 Å². The van der Waals surface area contributed by atoms with Gasteiger partial charge in [-0.1, -0.05) is 0 Å². The van der Waals surface area contributed by atoms with Gasteiger partial charge in [0.2, 0.25) is 0 Å². The minimum Gasteiger partial charge on any atom is -0.451 e. The molecule has 132 valence electrons. The Kier molecular flexibility index (Phi) is 3.76. The van der Waals surface area contributed by atoms with Crippen LogP contribution in [0.1, 0.15) is 48.0 Å². The van der Waals surface area contributed by atoms with E-state index in [1.807, 2.05) is 37.7 Å². The average molecular weight is 342 g/mol. The van der Waals surface area contributed by atoms with Crippen molar-refractivity contribution in [2.75, 3.05) is 18.5 Å². The molecule has 25 heavy (non-hydrogen) atoms. The number of rotatable bonds is 4. The number of carbonyl (C=O) groups excluding carboxylic acids is 1. The second-order valence-corrected chi connectivity index (χ2v) is 7.08. The highest BCUT2D eigenvalue weighted by atomic mass is 16.6. The van der Waals surface area contributed by atoms with Crippen molar-refractivity contribution < 1.29 is 14.3 Å². The van der Waals surface area contributed by atoms with Crippen molar-refractivity contribution in [1.29, 1.82) is 0 Å². The molecular formula is C18H22N4O3. The van der Waals surface area contributed by atoms with E-state index in [0.717, 1.165) is 24.3 Å². The van der Waals surface area contributed by atoms with Crippen LogP contribution in [0.2, 0.25) is 0 Å². The number of ether oxygens (including phenoxy) is 2. The van der Waals surface area contributed by atoms with E-state index in [1.54, 1.807) is 12.4 Å². The minimum atomic E-state index is -0.612. The third-order valence-electron chi connectivity index (χ3n) is 5.05. The van der Waals surface area contributed by atoms with E-state index in [2.05, 4.69) is 15.4 Å². The van der Waals surface area contributed by atoms with Gasteiger partial charge in [-0.2, -0.15) is 5.10 Å². The van der Waals surface area contributed by atoms with E-state index < -0.39 is 5.60 Å². The molecule has 2 aliphatic rings. The number of pyridine rings is 1. The number of esters is 1. The van der Waals surface area contributed by atoms with Crippen LogP contribution < -0.4 is 5.32 Å². The number of fused-ring (bicyclic) bond motifs is 1. The van der Waals surface area contributed by atoms with Gasteiger partial charge in [0.1, 0.15) is 23.1 Å². The number of cyclic esters (lactones) is 1. The number of anilines is 1. The number of nitrogens with one attached hydrogen (secondary N) is 1. The summed E-state index contributed by atoms with van der Waals surface area (Å²) < 4.78 is 13.2. The average Bonchev–Trinajstić information content (AvgIpc) is 3.24. The zero-order chi connectivity index (χ0) is 17.6. The minimum absolute atomic E-state index is 0.000142. The Labute approximate surface area is 146 Å². The first-order chi connectivity index (χ1) is 12.0. The number of nitrogens with zero attached hydrogens (tertiary/aromatic N) is 3. The van der Waals surface area contributed by atoms with Crippen LogP contribution in [-0.4, -0.2) is 33.9 Å². The van der Waals surface area contributed by atoms with E-state index in [4.69, 9.17) is 9.47 Å². The molecule has 2 atom stereocenters. The van der Waals surface area contributed by atoms with Crippen LogP contribution in [0.3, 0.4) is 0 Å². The van der Waals surface area contributed by atoms with E-state index in [1.165, 1.54) is 0 Å². The Morgan fingerprint density at radius 2 is 2.20 bits per heavy atom. The molecule has 0 spiro atoms. The topological polar surface area (TPSA) is 78.3 Å². The Morgan fingerprint density at radius 3 is 2.96 bits per heavy atom. The molecule has 4 rings (SSSR count). The molecule has 0 radical (unpaired) electrons. The number of hydrogen-bond donors (Lipinski definition) is 1. The predicted octanol–water partition coefficient (Wildman–Crippen LogP) is 2.41. The van der Waals surface area contributed by atoms with Crippen molar-refractivity contribution in [3.8, 4) is 0 Å². The number of carbonyl (C=O) groups is 1. The lowest BCUT2D eigenvalue weighted by atomic mass is 9.96. The molecule has 0 aliphatic carbocycles. The molecule has 1 N–H and O–H groups in total. The van der Waals surface area contributed by atoms with Gasteiger partial charge >= 0.3 is 5.97 Å². The van der Waals surface area contributed by atoms with Crippen LogP contribution >= 0.6 is 0 Å². The smallest absolute Gasteiger partial charge is 0.343 e. The fraction of sp³-hybridized carbons (Fsp3) is 0.500. The molecule has 0 unspecified atom stereocenters. The van der Waals surface area contributed by atoms with Crippen molar-refractivity contribution in [1.82, 2.24) is 14.8 Å². The summed E-state index contributed by atoms with van der Waals surface area (Å²) in [5.41, 5.74) is 1.87. The summed E-state index contributed by atoms with van der Waals surface area (Å²) >= 11 is 0. The Balaban J connectivity index is 1.54. The van der Waals surface area contributed by atoms with E-state index >= 15 is 0 Å². The van der Waals surface area contributed by atoms with Crippen LogP contribution in [0.15, 0.2) is 24.5 Å². The Morgan fingerprint density at radius 1 is 1.36 bits per heavy atom. The summed E-state index contributed by atoms with van der Waals surface area (Å²) in [7, 11) is 1.92. The summed E-state index contributed by atoms with van der Waals surface area (Å²) in [4.78, 5) is 16.6. The monoisotopic (exact) mass is 342 g/mol. The van der Waals surface area contributed by atoms with Crippen molar-refractivity contribution in [3.05, 3.63) is 41.3 Å². The van der Waals surface area contributed by atoms with E-state index in [9.17, 15) is 4.79 Å². The van der Waals surface area contributed by atoms with Crippen molar-refractivity contribution >= 4 is 11.8 Å². The molecule has 7 nitrogen and oxygen atoms in total. The third kappa shape index (κ3) is 2.68. The zero-order valence-corrected chi connectivity index (χ0v) is 14.7. The second-order valence-electron chi connectivity index (χ2n) is 7.08. The predicted molar refractivity (Wildman–Crippen MR) is 91.2 cm³/mol. The molecular weight excluding hydrogens is 320 g/mol. The van der Waals surface area contributed by atoms with Gasteiger partial charge in [0, 0.05) is 44.1 Å². The summed E-state index contributed by atoms with van der Waals surface area (Å²) in [6, 6.07) is 3.84. The fourth-order valence-electron chi connectivity index (χ4n) is 3.70. The molecule has 1 fully saturated rings.